The summed E-state index contributed by atoms with van der Waals surface area (Å²) in [6, 6.07) is 0. The molecular formula is C54H105O6V. The van der Waals surface area contributed by atoms with E-state index in [0.29, 0.717) is 0 Å². The first-order valence-electron chi connectivity index (χ1n) is 26.9. The van der Waals surface area contributed by atoms with E-state index in [1.165, 1.54) is 250 Å². The van der Waals surface area contributed by atoms with E-state index < -0.39 is 17.9 Å². The van der Waals surface area contributed by atoms with Crippen molar-refractivity contribution in [3.05, 3.63) is 0 Å². The normalized spacial score (nSPS) is 10.7. The molecule has 0 fully saturated rings. The molecule has 0 rings (SSSR count). The molecule has 0 aromatic carbocycles. The van der Waals surface area contributed by atoms with E-state index >= 15 is 0 Å². The van der Waals surface area contributed by atoms with Crippen molar-refractivity contribution in [2.75, 3.05) is 0 Å². The van der Waals surface area contributed by atoms with Crippen molar-refractivity contribution in [3.8, 4) is 0 Å². The predicted molar refractivity (Wildman–Crippen MR) is 254 cm³/mol. The number of carbonyl (C=O) groups is 3. The van der Waals surface area contributed by atoms with Gasteiger partial charge in [0.05, 0.1) is 0 Å². The van der Waals surface area contributed by atoms with E-state index in [1.54, 1.807) is 0 Å². The largest absolute Gasteiger partial charge is 3.00 e. The molecule has 0 saturated carbocycles. The molecule has 61 heavy (non-hydrogen) atoms. The molecule has 0 bridgehead atoms. The van der Waals surface area contributed by atoms with Gasteiger partial charge in [0.2, 0.25) is 0 Å². The second-order valence-corrected chi connectivity index (χ2v) is 18.2. The van der Waals surface area contributed by atoms with Gasteiger partial charge in [0.15, 0.2) is 0 Å². The Morgan fingerprint density at radius 3 is 0.410 bits per heavy atom. The van der Waals surface area contributed by atoms with Crippen LogP contribution in [0.1, 0.15) is 329 Å². The maximum Gasteiger partial charge on any atom is 3.00 e. The fourth-order valence-electron chi connectivity index (χ4n) is 7.92. The van der Waals surface area contributed by atoms with Crippen molar-refractivity contribution in [1.82, 2.24) is 0 Å². The molecule has 0 aromatic heterocycles. The number of hydrogen-bond donors (Lipinski definition) is 0. The molecule has 0 aromatic rings. The zero-order valence-electron chi connectivity index (χ0n) is 41.3. The minimum absolute atomic E-state index is 0. The number of rotatable bonds is 48. The first kappa shape index (κ1) is 66.6. The summed E-state index contributed by atoms with van der Waals surface area (Å²) in [5.74, 6) is -2.71. The minimum atomic E-state index is -0.903. The van der Waals surface area contributed by atoms with Crippen molar-refractivity contribution >= 4 is 17.9 Å². The SMILES string of the molecule is CCCCCCCCCCCCCCCCCC(=O)[O-].CCCCCCCCCCCCCCCCCC(=O)[O-].CCCCCCCCCCCCCCCCCC(=O)[O-].[V+3]. The van der Waals surface area contributed by atoms with Crippen LogP contribution in [0.3, 0.4) is 0 Å². The Hall–Kier alpha value is -1.01. The van der Waals surface area contributed by atoms with Crippen LogP contribution in [0.25, 0.3) is 0 Å². The Labute approximate surface area is 393 Å². The van der Waals surface area contributed by atoms with Crippen molar-refractivity contribution in [1.29, 1.82) is 0 Å². The minimum Gasteiger partial charge on any atom is -0.550 e. The number of unbranched alkanes of at least 4 members (excludes halogenated alkanes) is 42. The van der Waals surface area contributed by atoms with Crippen LogP contribution in [0.4, 0.5) is 0 Å². The van der Waals surface area contributed by atoms with Crippen LogP contribution < -0.4 is 15.3 Å². The maximum absolute atomic E-state index is 10.2. The molecule has 0 saturated heterocycles. The predicted octanol–water partition coefficient (Wildman–Crippen LogP) is 15.0. The maximum atomic E-state index is 10.2. The Morgan fingerprint density at radius 2 is 0.311 bits per heavy atom. The van der Waals surface area contributed by atoms with Crippen LogP contribution in [-0.2, 0) is 32.9 Å². The Bertz CT molecular complexity index is 717. The number of carboxylic acids is 3. The summed E-state index contributed by atoms with van der Waals surface area (Å²) in [5.41, 5.74) is 0. The molecule has 7 heteroatoms. The molecule has 0 radical (unpaired) electrons. The van der Waals surface area contributed by atoms with E-state index in [1.807, 2.05) is 0 Å². The van der Waals surface area contributed by atoms with Gasteiger partial charge in [-0.3, -0.25) is 0 Å². The molecule has 0 unspecified atom stereocenters. The summed E-state index contributed by atoms with van der Waals surface area (Å²) in [4.78, 5) is 30.7. The summed E-state index contributed by atoms with van der Waals surface area (Å²) in [6.07, 6.45) is 59.6. The quantitative estimate of drug-likeness (QED) is 0.0561. The first-order valence-corrected chi connectivity index (χ1v) is 26.9. The number of carbonyl (C=O) groups excluding carboxylic acids is 3. The molecule has 0 aliphatic heterocycles. The summed E-state index contributed by atoms with van der Waals surface area (Å²) in [6.45, 7) is 6.80. The second-order valence-electron chi connectivity index (χ2n) is 18.2. The standard InChI is InChI=1S/3C18H36O2.V/c3*1-2-3-4-5-6-7-8-9-10-11-12-13-14-15-16-17-18(19)20;/h3*2-17H2,1H3,(H,19,20);/q;;;+3/p-3. The molecule has 0 heterocycles. The third-order valence-corrected chi connectivity index (χ3v) is 12.0. The molecule has 0 spiro atoms. The van der Waals surface area contributed by atoms with Crippen LogP contribution in [0.15, 0.2) is 0 Å². The van der Waals surface area contributed by atoms with E-state index in [0.717, 1.165) is 38.5 Å². The van der Waals surface area contributed by atoms with Gasteiger partial charge in [0.1, 0.15) is 0 Å². The van der Waals surface area contributed by atoms with Crippen molar-refractivity contribution in [2.45, 2.75) is 329 Å². The summed E-state index contributed by atoms with van der Waals surface area (Å²) >= 11 is 0. The Balaban J connectivity index is -0.000000396. The molecule has 0 aliphatic rings. The van der Waals surface area contributed by atoms with Gasteiger partial charge in [0, 0.05) is 17.9 Å². The second kappa shape index (κ2) is 63.3. The number of aliphatic carboxylic acids is 3. The Kier molecular flexibility index (Phi) is 69.1. The fourth-order valence-corrected chi connectivity index (χ4v) is 7.92. The van der Waals surface area contributed by atoms with Crippen molar-refractivity contribution in [3.63, 3.8) is 0 Å². The van der Waals surface area contributed by atoms with E-state index in [-0.39, 0.29) is 37.8 Å². The molecule has 0 amide bonds. The van der Waals surface area contributed by atoms with Gasteiger partial charge in [-0.15, -0.1) is 0 Å². The molecular weight excluding hydrogens is 796 g/mol. The summed E-state index contributed by atoms with van der Waals surface area (Å²) in [5, 5.41) is 30.7. The van der Waals surface area contributed by atoms with Gasteiger partial charge in [-0.05, 0) is 38.5 Å². The molecule has 362 valence electrons. The topological polar surface area (TPSA) is 120 Å². The van der Waals surface area contributed by atoms with Crippen LogP contribution in [0.5, 0.6) is 0 Å². The Morgan fingerprint density at radius 1 is 0.213 bits per heavy atom. The molecule has 0 N–H and O–H groups in total. The van der Waals surface area contributed by atoms with Crippen LogP contribution in [-0.4, -0.2) is 17.9 Å². The monoisotopic (exact) mass is 901 g/mol. The van der Waals surface area contributed by atoms with Crippen molar-refractivity contribution in [2.24, 2.45) is 0 Å². The molecule has 0 atom stereocenters. The van der Waals surface area contributed by atoms with E-state index in [4.69, 9.17) is 0 Å². The van der Waals surface area contributed by atoms with Gasteiger partial charge >= 0.3 is 18.6 Å². The smallest absolute Gasteiger partial charge is 0.550 e. The van der Waals surface area contributed by atoms with Crippen LogP contribution >= 0.6 is 0 Å². The zero-order valence-corrected chi connectivity index (χ0v) is 42.7. The fraction of sp³-hybridized carbons (Fsp3) is 0.944. The summed E-state index contributed by atoms with van der Waals surface area (Å²) < 4.78 is 0. The third kappa shape index (κ3) is 76.7. The number of carboxylic acid groups (broad SMARTS) is 3. The van der Waals surface area contributed by atoms with E-state index in [9.17, 15) is 29.7 Å². The van der Waals surface area contributed by atoms with Gasteiger partial charge in [-0.2, -0.15) is 0 Å². The van der Waals surface area contributed by atoms with Crippen LogP contribution in [0.2, 0.25) is 0 Å². The molecule has 6 nitrogen and oxygen atoms in total. The van der Waals surface area contributed by atoms with Gasteiger partial charge in [-0.25, -0.2) is 0 Å². The molecule has 0 aliphatic carbocycles. The van der Waals surface area contributed by atoms with Gasteiger partial charge < -0.3 is 29.7 Å². The van der Waals surface area contributed by atoms with Gasteiger partial charge in [-0.1, -0.05) is 290 Å². The summed E-state index contributed by atoms with van der Waals surface area (Å²) in [7, 11) is 0. The van der Waals surface area contributed by atoms with Crippen molar-refractivity contribution < 1.29 is 48.3 Å². The third-order valence-electron chi connectivity index (χ3n) is 12.0. The zero-order chi connectivity index (χ0) is 44.7. The van der Waals surface area contributed by atoms with E-state index in [2.05, 4.69) is 20.8 Å². The average Bonchev–Trinajstić information content (AvgIpc) is 3.22. The first-order chi connectivity index (χ1) is 29.3. The van der Waals surface area contributed by atoms with Gasteiger partial charge in [0.25, 0.3) is 0 Å². The van der Waals surface area contributed by atoms with Crippen LogP contribution in [0, 0.1) is 0 Å². The average molecular weight is 901 g/mol. The number of hydrogen-bond acceptors (Lipinski definition) is 6.